The smallest absolute Gasteiger partial charge is 0.254 e. The maximum absolute atomic E-state index is 13.3. The van der Waals surface area contributed by atoms with Crippen LogP contribution in [-0.2, 0) is 41.6 Å². The molecule has 2 aromatic carbocycles. The zero-order valence-corrected chi connectivity index (χ0v) is 32.7. The molecule has 2 aliphatic rings. The van der Waals surface area contributed by atoms with Gasteiger partial charge in [0.15, 0.2) is 6.10 Å². The Balaban J connectivity index is 1.19. The van der Waals surface area contributed by atoms with Gasteiger partial charge in [-0.25, -0.2) is 21.6 Å². The molecule has 1 aromatic heterocycles. The molecule has 0 saturated heterocycles. The van der Waals surface area contributed by atoms with Crippen LogP contribution in [0, 0.1) is 0 Å². The predicted molar refractivity (Wildman–Crippen MR) is 202 cm³/mol. The third-order valence-corrected chi connectivity index (χ3v) is 12.3. The van der Waals surface area contributed by atoms with Crippen LogP contribution in [0.3, 0.4) is 0 Å². The van der Waals surface area contributed by atoms with Crippen LogP contribution in [0.2, 0.25) is 5.02 Å². The number of ether oxygens (including phenoxy) is 2. The minimum absolute atomic E-state index is 0.0324. The summed E-state index contributed by atoms with van der Waals surface area (Å²) >= 11 is 6.52. The fourth-order valence-corrected chi connectivity index (χ4v) is 7.83. The summed E-state index contributed by atoms with van der Waals surface area (Å²) in [6, 6.07) is 14.1. The molecule has 2 fully saturated rings. The Bertz CT molecular complexity index is 2010. The zero-order chi connectivity index (χ0) is 40.0. The molecule has 2 aliphatic carbocycles. The predicted octanol–water partition coefficient (Wildman–Crippen LogP) is 1.52. The summed E-state index contributed by atoms with van der Waals surface area (Å²) < 4.78 is 65.4. The number of aromatic nitrogens is 1. The highest BCUT2D eigenvalue weighted by Gasteiger charge is 2.48. The summed E-state index contributed by atoms with van der Waals surface area (Å²) in [4.78, 5) is 18.2. The number of nitrogens with one attached hydrogen (secondary N) is 1. The van der Waals surface area contributed by atoms with Gasteiger partial charge in [0.2, 0.25) is 10.0 Å². The quantitative estimate of drug-likeness (QED) is 0.0791. The number of rotatable bonds is 22. The molecule has 2 saturated carbocycles. The van der Waals surface area contributed by atoms with E-state index in [9.17, 15) is 42.1 Å². The van der Waals surface area contributed by atoms with E-state index in [0.29, 0.717) is 10.6 Å². The first-order valence-electron chi connectivity index (χ1n) is 18.0. The summed E-state index contributed by atoms with van der Waals surface area (Å²) in [5, 5.41) is 49.4. The molecule has 15 nitrogen and oxygen atoms in total. The van der Waals surface area contributed by atoms with E-state index < -0.39 is 68.1 Å². The molecule has 0 bridgehead atoms. The van der Waals surface area contributed by atoms with Gasteiger partial charge in [0.25, 0.3) is 5.91 Å². The molecule has 18 heteroatoms. The molecule has 0 unspecified atom stereocenters. The van der Waals surface area contributed by atoms with Gasteiger partial charge in [0.05, 0.1) is 35.6 Å². The van der Waals surface area contributed by atoms with Crippen LogP contribution < -0.4 is 9.46 Å². The van der Waals surface area contributed by atoms with E-state index in [2.05, 4.69) is 9.71 Å². The molecule has 302 valence electrons. The number of carbonyl (C=O) groups is 1. The topological polar surface area (TPSA) is 233 Å². The van der Waals surface area contributed by atoms with Crippen molar-refractivity contribution in [3.05, 3.63) is 77.1 Å². The van der Waals surface area contributed by atoms with Gasteiger partial charge in [-0.1, -0.05) is 29.8 Å². The Morgan fingerprint density at radius 1 is 1.00 bits per heavy atom. The zero-order valence-electron chi connectivity index (χ0n) is 30.3. The first-order chi connectivity index (χ1) is 26.0. The number of sulfonamides is 1. The second kappa shape index (κ2) is 18.4. The van der Waals surface area contributed by atoms with Crippen LogP contribution in [0.5, 0.6) is 5.75 Å². The van der Waals surface area contributed by atoms with Gasteiger partial charge in [-0.3, -0.25) is 9.78 Å². The number of para-hydroxylation sites is 1. The summed E-state index contributed by atoms with van der Waals surface area (Å²) in [5.74, 6) is -0.783. The SMILES string of the molecule is CS(=O)(=O)CCN(CCCCNS(=O)(=O)c1ccc(Cl)c(COC2(c3cnccc3-c3ccccc3OC3CC3)CC2)c1)C(=O)[C@@H](O)[C@@H](O)[C@H](O)[C@@H](O)CO. The number of unbranched alkanes of at least 4 members (excludes halogenated alkanes) is 1. The molecule has 1 heterocycles. The molecule has 0 aliphatic heterocycles. The van der Waals surface area contributed by atoms with Crippen molar-refractivity contribution in [3.8, 4) is 16.9 Å². The van der Waals surface area contributed by atoms with Crippen LogP contribution in [-0.4, -0.2) is 127 Å². The number of nitrogens with zero attached hydrogens (tertiary/aromatic N) is 2. The number of sulfone groups is 1. The summed E-state index contributed by atoms with van der Waals surface area (Å²) in [6.45, 7) is -1.45. The Hall–Kier alpha value is -3.23. The number of hydrogen-bond acceptors (Lipinski definition) is 13. The number of halogens is 1. The fourth-order valence-electron chi connectivity index (χ4n) is 5.98. The van der Waals surface area contributed by atoms with E-state index in [1.165, 1.54) is 18.2 Å². The molecule has 4 atom stereocenters. The van der Waals surface area contributed by atoms with Gasteiger partial charge < -0.3 is 39.9 Å². The number of hydrogen-bond donors (Lipinski definition) is 6. The largest absolute Gasteiger partial charge is 0.490 e. The van der Waals surface area contributed by atoms with Crippen molar-refractivity contribution >= 4 is 37.4 Å². The molecule has 1 amide bonds. The number of benzene rings is 2. The lowest BCUT2D eigenvalue weighted by atomic mass is 9.96. The van der Waals surface area contributed by atoms with Gasteiger partial charge in [0.1, 0.15) is 33.9 Å². The molecular formula is C37H48ClN3O12S2. The molecule has 0 spiro atoms. The van der Waals surface area contributed by atoms with E-state index in [4.69, 9.17) is 26.2 Å². The third-order valence-electron chi connectivity index (χ3n) is 9.54. The average molecular weight is 826 g/mol. The second-order valence-electron chi connectivity index (χ2n) is 14.0. The maximum atomic E-state index is 13.3. The minimum atomic E-state index is -4.03. The lowest BCUT2D eigenvalue weighted by Gasteiger charge is -2.30. The van der Waals surface area contributed by atoms with Crippen LogP contribution >= 0.6 is 11.6 Å². The summed E-state index contributed by atoms with van der Waals surface area (Å²) in [5.41, 5.74) is 2.62. The van der Waals surface area contributed by atoms with E-state index in [1.54, 1.807) is 12.4 Å². The highest BCUT2D eigenvalue weighted by atomic mass is 35.5. The molecule has 0 radical (unpaired) electrons. The normalized spacial score (nSPS) is 17.6. The van der Waals surface area contributed by atoms with Crippen molar-refractivity contribution in [2.24, 2.45) is 0 Å². The van der Waals surface area contributed by atoms with Gasteiger partial charge in [-0.05, 0) is 80.0 Å². The number of aliphatic hydroxyl groups is 5. The van der Waals surface area contributed by atoms with Crippen molar-refractivity contribution in [3.63, 3.8) is 0 Å². The highest BCUT2D eigenvalue weighted by Crippen LogP contribution is 2.53. The van der Waals surface area contributed by atoms with Crippen molar-refractivity contribution < 1.29 is 56.6 Å². The van der Waals surface area contributed by atoms with Crippen molar-refractivity contribution in [1.82, 2.24) is 14.6 Å². The van der Waals surface area contributed by atoms with E-state index >= 15 is 0 Å². The summed E-state index contributed by atoms with van der Waals surface area (Å²) in [6.07, 6.45) is 0.282. The Morgan fingerprint density at radius 3 is 2.40 bits per heavy atom. The van der Waals surface area contributed by atoms with Gasteiger partial charge in [-0.15, -0.1) is 0 Å². The number of pyridine rings is 1. The molecule has 6 N–H and O–H groups in total. The maximum Gasteiger partial charge on any atom is 0.254 e. The van der Waals surface area contributed by atoms with Crippen molar-refractivity contribution in [2.75, 3.05) is 38.2 Å². The Kier molecular flexibility index (Phi) is 14.3. The lowest BCUT2D eigenvalue weighted by molar-refractivity contribution is -0.158. The van der Waals surface area contributed by atoms with Crippen LogP contribution in [0.1, 0.15) is 49.7 Å². The van der Waals surface area contributed by atoms with Crippen LogP contribution in [0.25, 0.3) is 11.1 Å². The van der Waals surface area contributed by atoms with Crippen LogP contribution in [0.4, 0.5) is 0 Å². The first-order valence-corrected chi connectivity index (χ1v) is 21.9. The van der Waals surface area contributed by atoms with Crippen LogP contribution in [0.15, 0.2) is 65.8 Å². The number of carbonyl (C=O) groups excluding carboxylic acids is 1. The van der Waals surface area contributed by atoms with Crippen molar-refractivity contribution in [1.29, 1.82) is 0 Å². The molecule has 5 rings (SSSR count). The third kappa shape index (κ3) is 11.4. The minimum Gasteiger partial charge on any atom is -0.490 e. The number of amides is 1. The molecule has 3 aromatic rings. The molecular weight excluding hydrogens is 778 g/mol. The van der Waals surface area contributed by atoms with Gasteiger partial charge in [0, 0.05) is 54.4 Å². The average Bonchev–Trinajstić information content (AvgIpc) is 4.11. The highest BCUT2D eigenvalue weighted by molar-refractivity contribution is 7.90. The van der Waals surface area contributed by atoms with Gasteiger partial charge in [-0.2, -0.15) is 0 Å². The monoisotopic (exact) mass is 825 g/mol. The van der Waals surface area contributed by atoms with E-state index in [1.807, 2.05) is 30.3 Å². The van der Waals surface area contributed by atoms with Crippen molar-refractivity contribution in [2.45, 2.75) is 86.1 Å². The van der Waals surface area contributed by atoms with E-state index in [0.717, 1.165) is 59.3 Å². The standard InChI is InChI=1S/C37H48ClN3O12S2/c1-54(48,49)19-18-41(36(47)35(46)34(45)33(44)31(43)22-42)17-5-4-15-40-55(50,51)26-10-11-30(38)24(20-26)23-52-37(13-14-37)29-21-39-16-12-27(29)28-6-2-3-7-32(28)53-25-8-9-25/h2-3,6-7,10-12,16,20-21,25,31,33-35,40,42-46H,4-5,8-9,13-15,17-19,22-23H2,1H3/t31-,33+,34-,35-/m0/s1. The fraction of sp³-hybridized carbons (Fsp3) is 0.514. The van der Waals surface area contributed by atoms with E-state index in [-0.39, 0.29) is 50.1 Å². The second-order valence-corrected chi connectivity index (χ2v) is 18.4. The first kappa shape index (κ1) is 42.9. The van der Waals surface area contributed by atoms with Gasteiger partial charge >= 0.3 is 0 Å². The lowest BCUT2D eigenvalue weighted by Crippen LogP contribution is -2.53. The molecule has 55 heavy (non-hydrogen) atoms. The Labute approximate surface area is 325 Å². The number of aliphatic hydroxyl groups excluding tert-OH is 5. The summed E-state index contributed by atoms with van der Waals surface area (Å²) in [7, 11) is -7.57. The Morgan fingerprint density at radius 2 is 1.73 bits per heavy atom.